The molecule has 3 aromatic heterocycles. The Morgan fingerprint density at radius 1 is 1.38 bits per heavy atom. The van der Waals surface area contributed by atoms with Crippen molar-refractivity contribution in [3.8, 4) is 10.8 Å². The van der Waals surface area contributed by atoms with Crippen LogP contribution < -0.4 is 10.9 Å². The maximum atomic E-state index is 11.9. The molecule has 3 heterocycles. The molecule has 2 N–H and O–H groups in total. The molecule has 0 saturated carbocycles. The summed E-state index contributed by atoms with van der Waals surface area (Å²) in [6.45, 7) is 0. The lowest BCUT2D eigenvalue weighted by molar-refractivity contribution is -0.115. The van der Waals surface area contributed by atoms with E-state index in [2.05, 4.69) is 15.3 Å². The van der Waals surface area contributed by atoms with Gasteiger partial charge in [0, 0.05) is 6.20 Å². The molecule has 0 radical (unpaired) electrons. The zero-order valence-corrected chi connectivity index (χ0v) is 11.6. The first-order valence-corrected chi connectivity index (χ1v) is 7.06. The van der Waals surface area contributed by atoms with E-state index in [-0.39, 0.29) is 23.6 Å². The number of oxazole rings is 1. The van der Waals surface area contributed by atoms with Crippen LogP contribution in [0.4, 0.5) is 5.69 Å². The number of aromatic amines is 1. The predicted octanol–water partition coefficient (Wildman–Crippen LogP) is 2.27. The zero-order chi connectivity index (χ0) is 14.7. The van der Waals surface area contributed by atoms with Gasteiger partial charge in [0.2, 0.25) is 11.8 Å². The molecular weight excluding hydrogens is 290 g/mol. The first kappa shape index (κ1) is 13.3. The molecule has 0 aliphatic heterocycles. The topological polar surface area (TPSA) is 88.0 Å². The number of carbonyl (C=O) groups excluding carboxylic acids is 1. The van der Waals surface area contributed by atoms with Gasteiger partial charge in [0.05, 0.1) is 17.0 Å². The van der Waals surface area contributed by atoms with Gasteiger partial charge in [-0.2, -0.15) is 0 Å². The van der Waals surface area contributed by atoms with Crippen molar-refractivity contribution >= 4 is 22.9 Å². The minimum atomic E-state index is -0.342. The monoisotopic (exact) mass is 301 g/mol. The van der Waals surface area contributed by atoms with E-state index in [0.717, 1.165) is 4.88 Å². The number of nitrogens with zero attached hydrogens (tertiary/aromatic N) is 1. The highest BCUT2D eigenvalue weighted by Crippen LogP contribution is 2.23. The standard InChI is InChI=1S/C14H11N3O3S/c18-12(17-10-3-1-5-15-13(10)19)7-9-8-20-14(16-9)11-4-2-6-21-11/h1-6,8H,7H2,(H,15,19)(H,17,18). The molecule has 0 fully saturated rings. The Labute approximate surface area is 123 Å². The molecule has 106 valence electrons. The van der Waals surface area contributed by atoms with Crippen LogP contribution in [0.3, 0.4) is 0 Å². The Bertz CT molecular complexity index is 805. The van der Waals surface area contributed by atoms with Crippen LogP contribution in [-0.2, 0) is 11.2 Å². The van der Waals surface area contributed by atoms with Crippen molar-refractivity contribution in [2.75, 3.05) is 5.32 Å². The van der Waals surface area contributed by atoms with E-state index in [1.807, 2.05) is 17.5 Å². The second kappa shape index (κ2) is 5.76. The number of hydrogen-bond donors (Lipinski definition) is 2. The van der Waals surface area contributed by atoms with Gasteiger partial charge < -0.3 is 14.7 Å². The number of amides is 1. The van der Waals surface area contributed by atoms with Crippen molar-refractivity contribution in [2.24, 2.45) is 0 Å². The Hall–Kier alpha value is -2.67. The van der Waals surface area contributed by atoms with E-state index in [1.54, 1.807) is 6.07 Å². The Morgan fingerprint density at radius 3 is 3.05 bits per heavy atom. The Morgan fingerprint density at radius 2 is 2.29 bits per heavy atom. The van der Waals surface area contributed by atoms with E-state index in [1.165, 1.54) is 29.9 Å². The first-order chi connectivity index (χ1) is 10.2. The highest BCUT2D eigenvalue weighted by molar-refractivity contribution is 7.13. The summed E-state index contributed by atoms with van der Waals surface area (Å²) in [7, 11) is 0. The van der Waals surface area contributed by atoms with E-state index < -0.39 is 0 Å². The fourth-order valence-electron chi connectivity index (χ4n) is 1.78. The number of anilines is 1. The molecule has 3 rings (SSSR count). The van der Waals surface area contributed by atoms with E-state index in [4.69, 9.17) is 4.42 Å². The van der Waals surface area contributed by atoms with Crippen molar-refractivity contribution in [1.29, 1.82) is 0 Å². The smallest absolute Gasteiger partial charge is 0.271 e. The molecule has 21 heavy (non-hydrogen) atoms. The molecule has 0 unspecified atom stereocenters. The molecule has 0 aliphatic carbocycles. The molecule has 7 heteroatoms. The lowest BCUT2D eigenvalue weighted by Crippen LogP contribution is -2.20. The number of aromatic nitrogens is 2. The van der Waals surface area contributed by atoms with Crippen LogP contribution in [-0.4, -0.2) is 15.9 Å². The third-order valence-corrected chi connectivity index (χ3v) is 3.58. The van der Waals surface area contributed by atoms with Crippen LogP contribution >= 0.6 is 11.3 Å². The average molecular weight is 301 g/mol. The Kier molecular flexibility index (Phi) is 3.65. The third kappa shape index (κ3) is 3.09. The number of nitrogens with one attached hydrogen (secondary N) is 2. The second-order valence-electron chi connectivity index (χ2n) is 4.26. The third-order valence-electron chi connectivity index (χ3n) is 2.72. The minimum absolute atomic E-state index is 0.0449. The van der Waals surface area contributed by atoms with Crippen LogP contribution in [0.1, 0.15) is 5.69 Å². The SMILES string of the molecule is O=C(Cc1coc(-c2cccs2)n1)Nc1ccc[nH]c1=O. The van der Waals surface area contributed by atoms with Crippen LogP contribution in [0, 0.1) is 0 Å². The van der Waals surface area contributed by atoms with Crippen molar-refractivity contribution in [2.45, 2.75) is 6.42 Å². The van der Waals surface area contributed by atoms with E-state index >= 15 is 0 Å². The lowest BCUT2D eigenvalue weighted by atomic mass is 10.3. The first-order valence-electron chi connectivity index (χ1n) is 6.18. The van der Waals surface area contributed by atoms with E-state index in [0.29, 0.717) is 11.6 Å². The predicted molar refractivity (Wildman–Crippen MR) is 79.2 cm³/mol. The van der Waals surface area contributed by atoms with Crippen LogP contribution in [0.2, 0.25) is 0 Å². The summed E-state index contributed by atoms with van der Waals surface area (Å²) in [6, 6.07) is 6.97. The largest absolute Gasteiger partial charge is 0.444 e. The normalized spacial score (nSPS) is 10.5. The highest BCUT2D eigenvalue weighted by atomic mass is 32.1. The molecule has 0 bridgehead atoms. The molecule has 0 aromatic carbocycles. The molecule has 6 nitrogen and oxygen atoms in total. The Balaban J connectivity index is 1.68. The number of pyridine rings is 1. The molecule has 0 atom stereocenters. The van der Waals surface area contributed by atoms with Gasteiger partial charge in [-0.25, -0.2) is 4.98 Å². The van der Waals surface area contributed by atoms with E-state index in [9.17, 15) is 9.59 Å². The fraction of sp³-hybridized carbons (Fsp3) is 0.0714. The maximum Gasteiger partial charge on any atom is 0.271 e. The number of thiophene rings is 1. The van der Waals surface area contributed by atoms with Gasteiger partial charge >= 0.3 is 0 Å². The summed E-state index contributed by atoms with van der Waals surface area (Å²) in [6.07, 6.45) is 3.00. The van der Waals surface area contributed by atoms with Crippen LogP contribution in [0.5, 0.6) is 0 Å². The quantitative estimate of drug-likeness (QED) is 0.773. The summed E-state index contributed by atoms with van der Waals surface area (Å²) in [5.74, 6) is 0.170. The summed E-state index contributed by atoms with van der Waals surface area (Å²) >= 11 is 1.51. The van der Waals surface area contributed by atoms with Gasteiger partial charge in [0.15, 0.2) is 0 Å². The molecule has 0 saturated heterocycles. The van der Waals surface area contributed by atoms with Gasteiger partial charge in [-0.05, 0) is 23.6 Å². The number of carbonyl (C=O) groups is 1. The number of H-pyrrole nitrogens is 1. The van der Waals surface area contributed by atoms with Gasteiger partial charge in [0.25, 0.3) is 5.56 Å². The fourth-order valence-corrected chi connectivity index (χ4v) is 2.44. The van der Waals surface area contributed by atoms with Gasteiger partial charge in [0.1, 0.15) is 12.0 Å². The van der Waals surface area contributed by atoms with Crippen LogP contribution in [0.25, 0.3) is 10.8 Å². The zero-order valence-electron chi connectivity index (χ0n) is 10.8. The van der Waals surface area contributed by atoms with Gasteiger partial charge in [-0.15, -0.1) is 11.3 Å². The number of hydrogen-bond acceptors (Lipinski definition) is 5. The minimum Gasteiger partial charge on any atom is -0.444 e. The summed E-state index contributed by atoms with van der Waals surface area (Å²) in [5, 5.41) is 4.47. The molecule has 1 amide bonds. The highest BCUT2D eigenvalue weighted by Gasteiger charge is 2.12. The second-order valence-corrected chi connectivity index (χ2v) is 5.21. The lowest BCUT2D eigenvalue weighted by Gasteiger charge is -2.01. The maximum absolute atomic E-state index is 11.9. The summed E-state index contributed by atoms with van der Waals surface area (Å²) in [5.41, 5.74) is 0.387. The van der Waals surface area contributed by atoms with Crippen molar-refractivity contribution in [3.05, 3.63) is 58.2 Å². The number of rotatable bonds is 4. The van der Waals surface area contributed by atoms with Crippen molar-refractivity contribution in [3.63, 3.8) is 0 Å². The van der Waals surface area contributed by atoms with Crippen molar-refractivity contribution in [1.82, 2.24) is 9.97 Å². The van der Waals surface area contributed by atoms with Crippen LogP contribution in [0.15, 0.2) is 51.3 Å². The summed E-state index contributed by atoms with van der Waals surface area (Å²) in [4.78, 5) is 31.0. The average Bonchev–Trinajstić information content (AvgIpc) is 3.12. The summed E-state index contributed by atoms with van der Waals surface area (Å²) < 4.78 is 5.34. The van der Waals surface area contributed by atoms with Crippen molar-refractivity contribution < 1.29 is 9.21 Å². The molecule has 3 aromatic rings. The molecule has 0 aliphatic rings. The van der Waals surface area contributed by atoms with Gasteiger partial charge in [-0.1, -0.05) is 6.07 Å². The molecule has 0 spiro atoms. The molecular formula is C14H11N3O3S. The van der Waals surface area contributed by atoms with Gasteiger partial charge in [-0.3, -0.25) is 9.59 Å².